The Labute approximate surface area is 493 Å². The first-order chi connectivity index (χ1) is 39.0. The van der Waals surface area contributed by atoms with Crippen LogP contribution in [0.4, 0.5) is 0 Å². The summed E-state index contributed by atoms with van der Waals surface area (Å²) in [4.78, 5) is 0. The molecule has 0 aliphatic heterocycles. The molecule has 0 atom stereocenters. The molecule has 0 unspecified atom stereocenters. The fraction of sp³-hybridized carbons (Fsp3) is 0.333. The lowest BCUT2D eigenvalue weighted by Crippen LogP contribution is -2.44. The van der Waals surface area contributed by atoms with Gasteiger partial charge in [-0.3, -0.25) is 0 Å². The van der Waals surface area contributed by atoms with Crippen LogP contribution in [0.3, 0.4) is 0 Å². The summed E-state index contributed by atoms with van der Waals surface area (Å²) >= 11 is 0. The summed E-state index contributed by atoms with van der Waals surface area (Å²) in [5.74, 6) is 3.68. The van der Waals surface area contributed by atoms with Crippen molar-refractivity contribution >= 4 is 61.1 Å². The van der Waals surface area contributed by atoms with Crippen LogP contribution in [-0.2, 0) is 26.4 Å². The number of hydrogen-bond donors (Lipinski definition) is 0. The Kier molecular flexibility index (Phi) is 22.1. The van der Waals surface area contributed by atoms with Crippen LogP contribution < -0.4 is 39.7 Å². The van der Waals surface area contributed by atoms with E-state index in [9.17, 15) is 0 Å². The van der Waals surface area contributed by atoms with E-state index in [0.717, 1.165) is 23.0 Å². The Morgan fingerprint density at radius 2 is 0.407 bits per heavy atom. The third-order valence-corrected chi connectivity index (χ3v) is 37.2. The van der Waals surface area contributed by atoms with E-state index in [1.807, 2.05) is 121 Å². The number of hydrogen-bond acceptors (Lipinski definition) is 4. The second-order valence-corrected chi connectivity index (χ2v) is 50.0. The van der Waals surface area contributed by atoms with Gasteiger partial charge in [-0.25, -0.2) is 0 Å². The molecule has 424 valence electrons. The van der Waals surface area contributed by atoms with E-state index in [4.69, 9.17) is 18.9 Å². The van der Waals surface area contributed by atoms with Crippen molar-refractivity contribution in [1.29, 1.82) is 0 Å². The van der Waals surface area contributed by atoms with Crippen molar-refractivity contribution in [2.45, 2.75) is 153 Å². The molecule has 8 aromatic rings. The first kappa shape index (κ1) is 61.1. The summed E-state index contributed by atoms with van der Waals surface area (Å²) in [5.41, 5.74) is 4.93. The van der Waals surface area contributed by atoms with Gasteiger partial charge in [0.1, 0.15) is 49.4 Å². The maximum absolute atomic E-state index is 6.15. The number of ether oxygens (including phenoxy) is 4. The Morgan fingerprint density at radius 3 is 0.593 bits per heavy atom. The lowest BCUT2D eigenvalue weighted by Gasteiger charge is -2.37. The molecule has 0 radical (unpaired) electrons. The summed E-state index contributed by atoms with van der Waals surface area (Å²) in [6, 6.07) is 89.9. The van der Waals surface area contributed by atoms with E-state index in [1.165, 1.54) is 96.3 Å². The Hall–Kier alpha value is -5.96. The summed E-state index contributed by atoms with van der Waals surface area (Å²) in [7, 11) is -8.66. The van der Waals surface area contributed by atoms with Gasteiger partial charge in [0.25, 0.3) is 0 Å². The van der Waals surface area contributed by atoms with Crippen LogP contribution in [0.15, 0.2) is 218 Å². The third kappa shape index (κ3) is 19.0. The predicted octanol–water partition coefficient (Wildman–Crippen LogP) is 17.8. The Balaban J connectivity index is 0.994. The molecular weight excluding hydrogens is 1070 g/mol. The molecule has 0 bridgehead atoms. The van der Waals surface area contributed by atoms with E-state index in [0.29, 0.717) is 26.4 Å². The van der Waals surface area contributed by atoms with E-state index in [2.05, 4.69) is 149 Å². The molecule has 0 saturated carbocycles. The van der Waals surface area contributed by atoms with E-state index < -0.39 is 40.4 Å². The lowest BCUT2D eigenvalue weighted by atomic mass is 10.2. The van der Waals surface area contributed by atoms with Crippen molar-refractivity contribution in [3.05, 3.63) is 241 Å². The van der Waals surface area contributed by atoms with Crippen LogP contribution in [0, 0.1) is 0 Å². The highest BCUT2D eigenvalue weighted by atomic mass is 28.3. The zero-order valence-electron chi connectivity index (χ0n) is 50.2. The molecule has 0 aliphatic rings. The minimum Gasteiger partial charge on any atom is -0.489 e. The van der Waals surface area contributed by atoms with Gasteiger partial charge in [-0.1, -0.05) is 317 Å². The van der Waals surface area contributed by atoms with Crippen LogP contribution in [0.1, 0.15) is 47.9 Å². The van der Waals surface area contributed by atoms with Crippen LogP contribution in [0.2, 0.25) is 101 Å². The average molecular weight is 1160 g/mol. The topological polar surface area (TPSA) is 36.9 Å². The molecule has 0 spiro atoms. The summed E-state index contributed by atoms with van der Waals surface area (Å²) < 4.78 is 24.6. The van der Waals surface area contributed by atoms with Crippen molar-refractivity contribution in [1.82, 2.24) is 0 Å². The Morgan fingerprint density at radius 1 is 0.222 bits per heavy atom. The van der Waals surface area contributed by atoms with Gasteiger partial charge in [-0.05, 0) is 70.8 Å². The van der Waals surface area contributed by atoms with Gasteiger partial charge in [0, 0.05) is 0 Å². The van der Waals surface area contributed by atoms with Crippen molar-refractivity contribution in [2.24, 2.45) is 0 Å². The first-order valence-corrected chi connectivity index (χ1v) is 45.8. The van der Waals surface area contributed by atoms with Crippen LogP contribution >= 0.6 is 0 Å². The molecule has 0 N–H and O–H groups in total. The van der Waals surface area contributed by atoms with Crippen LogP contribution in [0.25, 0.3) is 0 Å². The standard InChI is InChI=1S/C72H92O4Si5/c1-77(2,69-41-33-61(34-42-69)57-73-65-25-13-9-14-26-65)49-21-53-81(54-22-50-78(3,4)70-43-35-62(36-44-70)58-74-66-27-15-10-16-28-66,55-23-51-79(5,6)71-45-37-63(38-46-71)59-75-67-29-17-11-18-30-67)56-24-52-80(7,8)72-47-39-64(40-48-72)60-76-68-31-19-12-20-32-68/h9-20,25-48H,21-24,49-60H2,1-8H3. The maximum atomic E-state index is 6.15. The fourth-order valence-corrected chi connectivity index (χ4v) is 28.2. The normalized spacial score (nSPS) is 12.2. The second-order valence-electron chi connectivity index (χ2n) is 25.6. The molecule has 8 rings (SSSR count). The maximum Gasteiger partial charge on any atom is 0.119 e. The zero-order chi connectivity index (χ0) is 57.0. The van der Waals surface area contributed by atoms with Gasteiger partial charge >= 0.3 is 0 Å². The number of rotatable bonds is 32. The number of benzene rings is 8. The minimum absolute atomic E-state index is 0.596. The minimum atomic E-state index is -1.78. The second kappa shape index (κ2) is 29.3. The van der Waals surface area contributed by atoms with E-state index in [1.54, 1.807) is 20.7 Å². The molecule has 81 heavy (non-hydrogen) atoms. The fourth-order valence-electron chi connectivity index (χ4n) is 11.9. The zero-order valence-corrected chi connectivity index (χ0v) is 55.2. The first-order valence-electron chi connectivity index (χ1n) is 30.1. The highest BCUT2D eigenvalue weighted by molar-refractivity contribution is 6.91. The predicted molar refractivity (Wildman–Crippen MR) is 360 cm³/mol. The third-order valence-electron chi connectivity index (χ3n) is 17.6. The van der Waals surface area contributed by atoms with Crippen molar-refractivity contribution in [3.8, 4) is 23.0 Å². The van der Waals surface area contributed by atoms with Gasteiger partial charge in [0.15, 0.2) is 0 Å². The quantitative estimate of drug-likeness (QED) is 0.0394. The van der Waals surface area contributed by atoms with Gasteiger partial charge in [0.05, 0.1) is 40.4 Å². The highest BCUT2D eigenvalue weighted by Gasteiger charge is 2.36. The molecule has 9 heteroatoms. The molecule has 0 aromatic heterocycles. The van der Waals surface area contributed by atoms with Crippen molar-refractivity contribution < 1.29 is 18.9 Å². The molecule has 0 saturated heterocycles. The van der Waals surface area contributed by atoms with Gasteiger partial charge < -0.3 is 18.9 Å². The largest absolute Gasteiger partial charge is 0.489 e. The molecule has 0 fully saturated rings. The van der Waals surface area contributed by atoms with Gasteiger partial charge in [-0.2, -0.15) is 0 Å². The summed E-state index contributed by atoms with van der Waals surface area (Å²) in [6.07, 6.45) is 5.38. The molecule has 0 heterocycles. The summed E-state index contributed by atoms with van der Waals surface area (Å²) in [6.45, 7) is 23.4. The molecular formula is C72H92O4Si5. The highest BCUT2D eigenvalue weighted by Crippen LogP contribution is 2.38. The molecule has 8 aromatic carbocycles. The monoisotopic (exact) mass is 1160 g/mol. The van der Waals surface area contributed by atoms with Gasteiger partial charge in [-0.15, -0.1) is 0 Å². The van der Waals surface area contributed by atoms with E-state index in [-0.39, 0.29) is 0 Å². The van der Waals surface area contributed by atoms with Gasteiger partial charge in [0.2, 0.25) is 0 Å². The van der Waals surface area contributed by atoms with Crippen LogP contribution in [-0.4, -0.2) is 40.4 Å². The molecule has 0 aliphatic carbocycles. The number of para-hydroxylation sites is 4. The average Bonchev–Trinajstić information content (AvgIpc) is 3.48. The smallest absolute Gasteiger partial charge is 0.119 e. The lowest BCUT2D eigenvalue weighted by molar-refractivity contribution is 0.306. The molecule has 0 amide bonds. The Bertz CT molecular complexity index is 2630. The summed E-state index contributed by atoms with van der Waals surface area (Å²) in [5, 5.41) is 6.28. The van der Waals surface area contributed by atoms with Crippen molar-refractivity contribution in [2.75, 3.05) is 0 Å². The van der Waals surface area contributed by atoms with Crippen molar-refractivity contribution in [3.63, 3.8) is 0 Å². The SMILES string of the molecule is C[Si](C)(CCC[Si](CCC[Si](C)(C)c1ccc(COc2ccccc2)cc1)(CCC[Si](C)(C)c1ccc(COc2ccccc2)cc1)CCC[Si](C)(C)c1ccc(COc2ccccc2)cc1)c1ccc(COc2ccccc2)cc1. The van der Waals surface area contributed by atoms with E-state index >= 15 is 0 Å². The van der Waals surface area contributed by atoms with Crippen LogP contribution in [0.5, 0.6) is 23.0 Å². The molecule has 4 nitrogen and oxygen atoms in total.